The summed E-state index contributed by atoms with van der Waals surface area (Å²) in [6.45, 7) is 11.1. The zero-order valence-electron chi connectivity index (χ0n) is 25.6. The molecule has 7 nitrogen and oxygen atoms in total. The molecule has 0 saturated heterocycles. The lowest BCUT2D eigenvalue weighted by atomic mass is 9.92. The van der Waals surface area contributed by atoms with Gasteiger partial charge in [-0.15, -0.1) is 0 Å². The van der Waals surface area contributed by atoms with Crippen LogP contribution in [-0.2, 0) is 20.7 Å². The fourth-order valence-corrected chi connectivity index (χ4v) is 4.78. The topological polar surface area (TPSA) is 93.1 Å². The van der Waals surface area contributed by atoms with E-state index in [0.717, 1.165) is 16.3 Å². The van der Waals surface area contributed by atoms with Crippen LogP contribution >= 0.6 is 0 Å². The van der Waals surface area contributed by atoms with E-state index in [1.807, 2.05) is 66.7 Å². The van der Waals surface area contributed by atoms with Gasteiger partial charge in [0.1, 0.15) is 11.2 Å². The fraction of sp³-hybridized carbons (Fsp3) is 0.306. The van der Waals surface area contributed by atoms with E-state index < -0.39 is 29.2 Å². The summed E-state index contributed by atoms with van der Waals surface area (Å²) in [4.78, 5) is 40.6. The molecular formula is C36H39NO6. The highest BCUT2D eigenvalue weighted by Gasteiger charge is 2.25. The average molecular weight is 582 g/mol. The highest BCUT2D eigenvalue weighted by atomic mass is 16.6. The third-order valence-electron chi connectivity index (χ3n) is 6.70. The van der Waals surface area contributed by atoms with Gasteiger partial charge in [-0.25, -0.2) is 14.4 Å². The van der Waals surface area contributed by atoms with Crippen molar-refractivity contribution in [2.45, 2.75) is 59.2 Å². The minimum absolute atomic E-state index is 0.0179. The van der Waals surface area contributed by atoms with Gasteiger partial charge in [0.15, 0.2) is 0 Å². The first-order valence-electron chi connectivity index (χ1n) is 14.4. The Kier molecular flexibility index (Phi) is 9.24. The molecule has 4 aromatic carbocycles. The molecule has 1 N–H and O–H groups in total. The Morgan fingerprint density at radius 1 is 0.744 bits per heavy atom. The summed E-state index contributed by atoms with van der Waals surface area (Å²) in [5.74, 6) is -1.64. The van der Waals surface area contributed by atoms with Crippen molar-refractivity contribution in [3.8, 4) is 0 Å². The summed E-state index contributed by atoms with van der Waals surface area (Å²) in [5, 5.41) is 13.4. The molecular weight excluding hydrogens is 542 g/mol. The third-order valence-corrected chi connectivity index (χ3v) is 6.70. The first kappa shape index (κ1) is 31.3. The van der Waals surface area contributed by atoms with E-state index in [2.05, 4.69) is 0 Å². The normalized spacial score (nSPS) is 12.3. The lowest BCUT2D eigenvalue weighted by Crippen LogP contribution is -2.38. The van der Waals surface area contributed by atoms with Crippen LogP contribution in [0.5, 0.6) is 0 Å². The van der Waals surface area contributed by atoms with Crippen LogP contribution in [0.3, 0.4) is 0 Å². The second-order valence-electron chi connectivity index (χ2n) is 12.5. The van der Waals surface area contributed by atoms with E-state index in [1.54, 1.807) is 53.7 Å². The number of benzene rings is 4. The Hall–Kier alpha value is -4.65. The fourth-order valence-electron chi connectivity index (χ4n) is 4.78. The summed E-state index contributed by atoms with van der Waals surface area (Å²) in [6, 6.07) is 24.5. The quantitative estimate of drug-likeness (QED) is 0.129. The van der Waals surface area contributed by atoms with Crippen molar-refractivity contribution in [1.82, 2.24) is 4.90 Å². The van der Waals surface area contributed by atoms with Gasteiger partial charge in [0.25, 0.3) is 0 Å². The highest BCUT2D eigenvalue weighted by Crippen LogP contribution is 2.33. The van der Waals surface area contributed by atoms with Gasteiger partial charge in [-0.1, -0.05) is 60.7 Å². The number of carbonyl (C=O) groups excluding carboxylic acids is 2. The number of carboxylic acids is 1. The van der Waals surface area contributed by atoms with Crippen LogP contribution in [0.15, 0.2) is 84.9 Å². The lowest BCUT2D eigenvalue weighted by molar-refractivity contribution is -0.130. The van der Waals surface area contributed by atoms with E-state index in [-0.39, 0.29) is 12.1 Å². The van der Waals surface area contributed by atoms with E-state index >= 15 is 0 Å². The van der Waals surface area contributed by atoms with Crippen molar-refractivity contribution in [1.29, 1.82) is 0 Å². The number of fused-ring (bicyclic) bond motifs is 2. The number of carboxylic acid groups (broad SMARTS) is 1. The maximum atomic E-state index is 13.2. The molecule has 0 atom stereocenters. The molecule has 7 heteroatoms. The van der Waals surface area contributed by atoms with Gasteiger partial charge in [-0.3, -0.25) is 0 Å². The Bertz CT molecular complexity index is 1680. The van der Waals surface area contributed by atoms with Crippen molar-refractivity contribution in [3.05, 3.63) is 102 Å². The van der Waals surface area contributed by atoms with Crippen molar-refractivity contribution in [2.24, 2.45) is 0 Å². The summed E-state index contributed by atoms with van der Waals surface area (Å²) in [5.41, 5.74) is 0.445. The number of rotatable bonds is 8. The average Bonchev–Trinajstić information content (AvgIpc) is 2.92. The van der Waals surface area contributed by atoms with Crippen LogP contribution in [0.25, 0.3) is 27.1 Å². The Morgan fingerprint density at radius 2 is 1.28 bits per heavy atom. The number of ether oxygens (including phenoxy) is 2. The molecule has 0 aliphatic rings. The Labute approximate surface area is 252 Å². The standard InChI is InChI=1S/C36H39NO6/c1-35(2,3)42-33(40)29-17-16-27(30-22-25-14-10-11-15-26(25)23-31(29)30)28(32(38)39)19-21-37(34(41)43-36(4,5)6)20-18-24-12-8-7-9-13-24/h7-17,19,22-23H,18,20-21H2,1-6H3,(H,38,39)/b28-19+. The van der Waals surface area contributed by atoms with Gasteiger partial charge in [-0.05, 0) is 105 Å². The van der Waals surface area contributed by atoms with Gasteiger partial charge in [0.2, 0.25) is 0 Å². The number of nitrogens with zero attached hydrogens (tertiary/aromatic N) is 1. The lowest BCUT2D eigenvalue weighted by Gasteiger charge is -2.27. The molecule has 0 bridgehead atoms. The van der Waals surface area contributed by atoms with E-state index in [9.17, 15) is 19.5 Å². The molecule has 43 heavy (non-hydrogen) atoms. The van der Waals surface area contributed by atoms with Crippen LogP contribution in [0, 0.1) is 0 Å². The van der Waals surface area contributed by atoms with Gasteiger partial charge in [-0.2, -0.15) is 0 Å². The van der Waals surface area contributed by atoms with Gasteiger partial charge < -0.3 is 19.5 Å². The predicted octanol–water partition coefficient (Wildman–Crippen LogP) is 7.90. The molecule has 0 fully saturated rings. The van der Waals surface area contributed by atoms with Gasteiger partial charge >= 0.3 is 18.0 Å². The maximum absolute atomic E-state index is 13.2. The van der Waals surface area contributed by atoms with Crippen molar-refractivity contribution >= 4 is 45.1 Å². The number of esters is 1. The molecule has 0 unspecified atom stereocenters. The van der Waals surface area contributed by atoms with Crippen LogP contribution < -0.4 is 0 Å². The smallest absolute Gasteiger partial charge is 0.410 e. The molecule has 0 aliphatic carbocycles. The summed E-state index contributed by atoms with van der Waals surface area (Å²) >= 11 is 0. The zero-order chi connectivity index (χ0) is 31.4. The molecule has 4 aromatic rings. The number of amides is 1. The monoisotopic (exact) mass is 581 g/mol. The molecule has 0 saturated carbocycles. The van der Waals surface area contributed by atoms with E-state index in [1.165, 1.54) is 11.0 Å². The van der Waals surface area contributed by atoms with Crippen LogP contribution in [-0.4, -0.2) is 52.3 Å². The van der Waals surface area contributed by atoms with E-state index in [4.69, 9.17) is 9.47 Å². The third kappa shape index (κ3) is 8.22. The Morgan fingerprint density at radius 3 is 1.84 bits per heavy atom. The van der Waals surface area contributed by atoms with Crippen molar-refractivity contribution in [2.75, 3.05) is 13.1 Å². The summed E-state index contributed by atoms with van der Waals surface area (Å²) in [7, 11) is 0. The molecule has 224 valence electrons. The molecule has 0 aliphatic heterocycles. The SMILES string of the molecule is CC(C)(C)OC(=O)c1ccc(/C(=C\CN(CCc2ccccc2)C(=O)OC(C)(C)C)C(=O)O)c2cc3ccccc3cc12. The van der Waals surface area contributed by atoms with Crippen LogP contribution in [0.1, 0.15) is 63.0 Å². The molecule has 0 heterocycles. The maximum Gasteiger partial charge on any atom is 0.410 e. The predicted molar refractivity (Wildman–Crippen MR) is 170 cm³/mol. The van der Waals surface area contributed by atoms with Gasteiger partial charge in [0, 0.05) is 13.1 Å². The molecule has 0 aromatic heterocycles. The van der Waals surface area contributed by atoms with Gasteiger partial charge in [0.05, 0.1) is 11.1 Å². The van der Waals surface area contributed by atoms with E-state index in [0.29, 0.717) is 34.9 Å². The van der Waals surface area contributed by atoms with Crippen LogP contribution in [0.4, 0.5) is 4.79 Å². The summed E-state index contributed by atoms with van der Waals surface area (Å²) < 4.78 is 11.3. The molecule has 0 spiro atoms. The highest BCUT2D eigenvalue weighted by molar-refractivity contribution is 6.22. The first-order chi connectivity index (χ1) is 20.2. The van der Waals surface area contributed by atoms with Crippen molar-refractivity contribution in [3.63, 3.8) is 0 Å². The number of hydrogen-bond donors (Lipinski definition) is 1. The molecule has 0 radical (unpaired) electrons. The number of hydrogen-bond acceptors (Lipinski definition) is 5. The first-order valence-corrected chi connectivity index (χ1v) is 14.4. The molecule has 4 rings (SSSR count). The minimum Gasteiger partial charge on any atom is -0.478 e. The minimum atomic E-state index is -1.15. The number of carbonyl (C=O) groups is 3. The largest absolute Gasteiger partial charge is 0.478 e. The number of aliphatic carboxylic acids is 1. The summed E-state index contributed by atoms with van der Waals surface area (Å²) in [6.07, 6.45) is 1.59. The zero-order valence-corrected chi connectivity index (χ0v) is 25.6. The second-order valence-corrected chi connectivity index (χ2v) is 12.5. The molecule has 1 amide bonds. The Balaban J connectivity index is 1.79. The second kappa shape index (κ2) is 12.7. The van der Waals surface area contributed by atoms with Crippen molar-refractivity contribution < 1.29 is 29.0 Å². The van der Waals surface area contributed by atoms with Crippen LogP contribution in [0.2, 0.25) is 0 Å².